The SMILES string of the molecule is CCCCc1ccc(C(=O)N(CCC(=O)N2CCN(C(c3ccccc3)c3ccccc3)CC2)Cc2ccco2)cc1. The van der Waals surface area contributed by atoms with E-state index in [1.807, 2.05) is 53.4 Å². The van der Waals surface area contributed by atoms with Gasteiger partial charge in [-0.05, 0) is 53.8 Å². The molecule has 1 aromatic heterocycles. The van der Waals surface area contributed by atoms with Gasteiger partial charge < -0.3 is 14.2 Å². The first kappa shape index (κ1) is 29.3. The van der Waals surface area contributed by atoms with Gasteiger partial charge in [-0.3, -0.25) is 14.5 Å². The third-order valence-electron chi connectivity index (χ3n) is 8.09. The van der Waals surface area contributed by atoms with Crippen molar-refractivity contribution in [2.24, 2.45) is 0 Å². The summed E-state index contributed by atoms with van der Waals surface area (Å²) < 4.78 is 5.55. The van der Waals surface area contributed by atoms with Crippen LogP contribution in [-0.2, 0) is 17.8 Å². The van der Waals surface area contributed by atoms with Gasteiger partial charge in [0.15, 0.2) is 0 Å². The monoisotopic (exact) mass is 563 g/mol. The first-order chi connectivity index (χ1) is 20.6. The zero-order valence-corrected chi connectivity index (χ0v) is 24.5. The highest BCUT2D eigenvalue weighted by atomic mass is 16.3. The molecule has 1 aliphatic rings. The van der Waals surface area contributed by atoms with Crippen molar-refractivity contribution in [1.82, 2.24) is 14.7 Å². The van der Waals surface area contributed by atoms with Gasteiger partial charge in [0.25, 0.3) is 5.91 Å². The third kappa shape index (κ3) is 7.56. The number of unbranched alkanes of at least 4 members (excludes halogenated alkanes) is 1. The minimum Gasteiger partial charge on any atom is -0.467 e. The van der Waals surface area contributed by atoms with Gasteiger partial charge in [-0.25, -0.2) is 0 Å². The number of hydrogen-bond donors (Lipinski definition) is 0. The van der Waals surface area contributed by atoms with Crippen LogP contribution >= 0.6 is 0 Å². The maximum atomic E-state index is 13.5. The van der Waals surface area contributed by atoms with Crippen LogP contribution in [0.1, 0.15) is 65.0 Å². The molecule has 0 saturated carbocycles. The molecule has 0 spiro atoms. The first-order valence-corrected chi connectivity index (χ1v) is 15.1. The second-order valence-electron chi connectivity index (χ2n) is 11.0. The van der Waals surface area contributed by atoms with Gasteiger partial charge in [0.05, 0.1) is 18.8 Å². The summed E-state index contributed by atoms with van der Waals surface area (Å²) >= 11 is 0. The van der Waals surface area contributed by atoms with E-state index >= 15 is 0 Å². The molecule has 5 rings (SSSR count). The summed E-state index contributed by atoms with van der Waals surface area (Å²) in [6, 6.07) is 32.9. The Labute approximate surface area is 249 Å². The molecule has 1 fully saturated rings. The second-order valence-corrected chi connectivity index (χ2v) is 11.0. The van der Waals surface area contributed by atoms with Crippen LogP contribution in [0.25, 0.3) is 0 Å². The lowest BCUT2D eigenvalue weighted by atomic mass is 9.96. The number of hydrogen-bond acceptors (Lipinski definition) is 4. The molecule has 2 heterocycles. The second kappa shape index (κ2) is 14.6. The Morgan fingerprint density at radius 2 is 1.45 bits per heavy atom. The Kier molecular flexibility index (Phi) is 10.2. The molecule has 42 heavy (non-hydrogen) atoms. The van der Waals surface area contributed by atoms with Gasteiger partial charge in [-0.1, -0.05) is 86.1 Å². The maximum Gasteiger partial charge on any atom is 0.254 e. The highest BCUT2D eigenvalue weighted by Gasteiger charge is 2.28. The number of piperazine rings is 1. The van der Waals surface area contributed by atoms with Crippen molar-refractivity contribution < 1.29 is 14.0 Å². The van der Waals surface area contributed by atoms with Crippen LogP contribution in [-0.4, -0.2) is 59.2 Å². The van der Waals surface area contributed by atoms with E-state index in [0.717, 1.165) is 32.4 Å². The van der Waals surface area contributed by atoms with Crippen molar-refractivity contribution in [3.8, 4) is 0 Å². The molecule has 3 aromatic carbocycles. The highest BCUT2D eigenvalue weighted by Crippen LogP contribution is 2.29. The summed E-state index contributed by atoms with van der Waals surface area (Å²) in [5.41, 5.74) is 4.39. The van der Waals surface area contributed by atoms with E-state index < -0.39 is 0 Å². The third-order valence-corrected chi connectivity index (χ3v) is 8.09. The molecule has 1 aliphatic heterocycles. The van der Waals surface area contributed by atoms with E-state index in [1.165, 1.54) is 16.7 Å². The number of aryl methyl sites for hydroxylation is 1. The molecule has 4 aromatic rings. The minimum absolute atomic E-state index is 0.0813. The average molecular weight is 564 g/mol. The Hall–Kier alpha value is -4.16. The van der Waals surface area contributed by atoms with Crippen LogP contribution < -0.4 is 0 Å². The summed E-state index contributed by atoms with van der Waals surface area (Å²) in [4.78, 5) is 33.0. The molecular weight excluding hydrogens is 522 g/mol. The molecule has 0 radical (unpaired) electrons. The van der Waals surface area contributed by atoms with Gasteiger partial charge in [-0.15, -0.1) is 0 Å². The smallest absolute Gasteiger partial charge is 0.254 e. The number of benzene rings is 3. The van der Waals surface area contributed by atoms with Crippen molar-refractivity contribution in [2.75, 3.05) is 32.7 Å². The molecule has 218 valence electrons. The molecule has 1 saturated heterocycles. The summed E-state index contributed by atoms with van der Waals surface area (Å²) in [6.07, 6.45) is 5.18. The summed E-state index contributed by atoms with van der Waals surface area (Å²) in [7, 11) is 0. The fourth-order valence-electron chi connectivity index (χ4n) is 5.72. The van der Waals surface area contributed by atoms with Crippen LogP contribution in [0.15, 0.2) is 108 Å². The minimum atomic E-state index is -0.0837. The van der Waals surface area contributed by atoms with E-state index in [0.29, 0.717) is 37.5 Å². The number of amides is 2. The summed E-state index contributed by atoms with van der Waals surface area (Å²) in [5.74, 6) is 0.703. The highest BCUT2D eigenvalue weighted by molar-refractivity contribution is 5.94. The molecule has 0 aliphatic carbocycles. The maximum absolute atomic E-state index is 13.5. The summed E-state index contributed by atoms with van der Waals surface area (Å²) in [6.45, 7) is 5.77. The lowest BCUT2D eigenvalue weighted by Crippen LogP contribution is -2.50. The quantitative estimate of drug-likeness (QED) is 0.195. The number of rotatable bonds is 12. The Morgan fingerprint density at radius 3 is 2.02 bits per heavy atom. The van der Waals surface area contributed by atoms with Crippen LogP contribution in [0.5, 0.6) is 0 Å². The Morgan fingerprint density at radius 1 is 0.810 bits per heavy atom. The van der Waals surface area contributed by atoms with E-state index in [2.05, 4.69) is 60.4 Å². The lowest BCUT2D eigenvalue weighted by Gasteiger charge is -2.40. The Balaban J connectivity index is 1.21. The van der Waals surface area contributed by atoms with E-state index in [-0.39, 0.29) is 24.3 Å². The number of furan rings is 1. The Bertz CT molecular complexity index is 1340. The van der Waals surface area contributed by atoms with Gasteiger partial charge in [-0.2, -0.15) is 0 Å². The van der Waals surface area contributed by atoms with Crippen molar-refractivity contribution in [1.29, 1.82) is 0 Å². The van der Waals surface area contributed by atoms with Gasteiger partial charge in [0.2, 0.25) is 5.91 Å². The van der Waals surface area contributed by atoms with Crippen LogP contribution in [0.2, 0.25) is 0 Å². The van der Waals surface area contributed by atoms with E-state index in [1.54, 1.807) is 11.2 Å². The van der Waals surface area contributed by atoms with Crippen molar-refractivity contribution >= 4 is 11.8 Å². The largest absolute Gasteiger partial charge is 0.467 e. The average Bonchev–Trinajstić information content (AvgIpc) is 3.57. The van der Waals surface area contributed by atoms with Gasteiger partial charge >= 0.3 is 0 Å². The predicted molar refractivity (Wildman–Crippen MR) is 166 cm³/mol. The molecule has 0 unspecified atom stereocenters. The first-order valence-electron chi connectivity index (χ1n) is 15.1. The number of carbonyl (C=O) groups is 2. The molecule has 2 amide bonds. The fourth-order valence-corrected chi connectivity index (χ4v) is 5.72. The van der Waals surface area contributed by atoms with Crippen molar-refractivity contribution in [2.45, 2.75) is 45.2 Å². The van der Waals surface area contributed by atoms with Crippen molar-refractivity contribution in [3.05, 3.63) is 131 Å². The zero-order valence-electron chi connectivity index (χ0n) is 24.5. The van der Waals surface area contributed by atoms with E-state index in [4.69, 9.17) is 4.42 Å². The zero-order chi connectivity index (χ0) is 29.1. The number of carbonyl (C=O) groups excluding carboxylic acids is 2. The summed E-state index contributed by atoms with van der Waals surface area (Å²) in [5, 5.41) is 0. The lowest BCUT2D eigenvalue weighted by molar-refractivity contribution is -0.133. The van der Waals surface area contributed by atoms with Crippen LogP contribution in [0.3, 0.4) is 0 Å². The molecule has 0 N–H and O–H groups in total. The van der Waals surface area contributed by atoms with E-state index in [9.17, 15) is 9.59 Å². The predicted octanol–water partition coefficient (Wildman–Crippen LogP) is 6.59. The van der Waals surface area contributed by atoms with Crippen molar-refractivity contribution in [3.63, 3.8) is 0 Å². The topological polar surface area (TPSA) is 57.0 Å². The molecule has 6 nitrogen and oxygen atoms in total. The number of nitrogens with zero attached hydrogens (tertiary/aromatic N) is 3. The normalized spacial score (nSPS) is 13.8. The fraction of sp³-hybridized carbons (Fsp3) is 0.333. The molecule has 0 bridgehead atoms. The standard InChI is InChI=1S/C36H41N3O3/c1-2-3-11-29-17-19-32(20-18-29)36(41)39(28-33-16-10-27-42-33)22-21-34(40)37-23-25-38(26-24-37)35(30-12-6-4-7-13-30)31-14-8-5-9-15-31/h4-10,12-20,27,35H,2-3,11,21-26,28H2,1H3. The van der Waals surface area contributed by atoms with Crippen LogP contribution in [0.4, 0.5) is 0 Å². The molecule has 0 atom stereocenters. The molecular formula is C36H41N3O3. The van der Waals surface area contributed by atoms with Gasteiger partial charge in [0.1, 0.15) is 5.76 Å². The van der Waals surface area contributed by atoms with Crippen LogP contribution in [0, 0.1) is 0 Å². The van der Waals surface area contributed by atoms with Gasteiger partial charge in [0, 0.05) is 44.7 Å². The molecule has 6 heteroatoms.